The van der Waals surface area contributed by atoms with E-state index in [4.69, 9.17) is 9.52 Å². The van der Waals surface area contributed by atoms with Gasteiger partial charge in [-0.3, -0.25) is 4.79 Å². The number of hydrogen-bond acceptors (Lipinski definition) is 6. The molecule has 1 heterocycles. The minimum atomic E-state index is -1.11. The molecule has 1 aromatic heterocycles. The van der Waals surface area contributed by atoms with E-state index in [0.717, 1.165) is 12.1 Å². The highest BCUT2D eigenvalue weighted by Gasteiger charge is 2.17. The van der Waals surface area contributed by atoms with Gasteiger partial charge in [0.05, 0.1) is 10.9 Å². The van der Waals surface area contributed by atoms with E-state index >= 15 is 0 Å². The largest absolute Gasteiger partial charge is 0.504 e. The van der Waals surface area contributed by atoms with Gasteiger partial charge in [-0.1, -0.05) is 12.1 Å². The lowest BCUT2D eigenvalue weighted by Gasteiger charge is -2.07. The molecule has 0 fully saturated rings. The number of phenols is 2. The van der Waals surface area contributed by atoms with Crippen molar-refractivity contribution in [3.63, 3.8) is 0 Å². The van der Waals surface area contributed by atoms with Gasteiger partial charge in [-0.05, 0) is 18.2 Å². The van der Waals surface area contributed by atoms with E-state index in [0.29, 0.717) is 5.56 Å². The van der Waals surface area contributed by atoms with Crippen LogP contribution in [0.3, 0.4) is 0 Å². The second-order valence-electron chi connectivity index (χ2n) is 4.83. The summed E-state index contributed by atoms with van der Waals surface area (Å²) in [6, 6.07) is 7.42. The number of fused-ring (bicyclic) bond motifs is 1. The molecule has 0 aliphatic rings. The van der Waals surface area contributed by atoms with Crippen LogP contribution in [-0.2, 0) is 0 Å². The van der Waals surface area contributed by atoms with Crippen molar-refractivity contribution in [1.29, 1.82) is 0 Å². The fourth-order valence-electron chi connectivity index (χ4n) is 2.17. The first-order valence-electron chi connectivity index (χ1n) is 6.44. The number of benzene rings is 2. The summed E-state index contributed by atoms with van der Waals surface area (Å²) in [5.41, 5.74) is -0.475. The molecule has 0 bridgehead atoms. The first kappa shape index (κ1) is 14.5. The van der Waals surface area contributed by atoms with Crippen LogP contribution >= 0.6 is 0 Å². The predicted molar refractivity (Wildman–Crippen MR) is 79.9 cm³/mol. The number of carbonyl (C=O) groups is 1. The van der Waals surface area contributed by atoms with Gasteiger partial charge < -0.3 is 24.8 Å². The number of aromatic carboxylic acids is 1. The zero-order valence-corrected chi connectivity index (χ0v) is 11.5. The van der Waals surface area contributed by atoms with Gasteiger partial charge in [-0.2, -0.15) is 0 Å². The van der Waals surface area contributed by atoms with Gasteiger partial charge in [-0.25, -0.2) is 4.79 Å². The second-order valence-corrected chi connectivity index (χ2v) is 4.83. The summed E-state index contributed by atoms with van der Waals surface area (Å²) in [5, 5.41) is 37.7. The molecule has 7 nitrogen and oxygen atoms in total. The van der Waals surface area contributed by atoms with Crippen molar-refractivity contribution < 1.29 is 29.6 Å². The maximum atomic E-state index is 12.2. The molecule has 0 unspecified atom stereocenters. The van der Waals surface area contributed by atoms with E-state index in [1.54, 1.807) is 0 Å². The molecule has 23 heavy (non-hydrogen) atoms. The highest BCUT2D eigenvalue weighted by molar-refractivity contribution is 5.89. The minimum Gasteiger partial charge on any atom is -0.504 e. The number of carboxylic acid groups (broad SMARTS) is 1. The van der Waals surface area contributed by atoms with Gasteiger partial charge in [-0.15, -0.1) is 0 Å². The molecule has 0 aliphatic carbocycles. The molecule has 0 atom stereocenters. The average Bonchev–Trinajstić information content (AvgIpc) is 2.53. The van der Waals surface area contributed by atoms with Crippen LogP contribution in [0.5, 0.6) is 17.2 Å². The summed E-state index contributed by atoms with van der Waals surface area (Å²) < 4.78 is 5.43. The van der Waals surface area contributed by atoms with Crippen LogP contribution in [-0.4, -0.2) is 26.4 Å². The molecule has 7 heteroatoms. The summed E-state index contributed by atoms with van der Waals surface area (Å²) in [5.74, 6) is -2.93. The third-order valence-corrected chi connectivity index (χ3v) is 3.36. The minimum absolute atomic E-state index is 0.0274. The number of carboxylic acids is 1. The number of rotatable bonds is 2. The van der Waals surface area contributed by atoms with Gasteiger partial charge >= 0.3 is 5.97 Å². The lowest BCUT2D eigenvalue weighted by atomic mass is 10.1. The monoisotopic (exact) mass is 314 g/mol. The normalized spacial score (nSPS) is 10.8. The molecule has 0 saturated heterocycles. The van der Waals surface area contributed by atoms with Crippen LogP contribution in [0, 0.1) is 0 Å². The standard InChI is InChI=1S/C16H10O7/c17-10-5-9-12(6-11(10)18)23-15(14(20)13(9)19)7-1-3-8(4-2-7)16(21)22/h1-6,17-18,20H,(H,21,22). The van der Waals surface area contributed by atoms with E-state index < -0.39 is 28.6 Å². The van der Waals surface area contributed by atoms with Gasteiger partial charge in [0, 0.05) is 11.6 Å². The van der Waals surface area contributed by atoms with Crippen molar-refractivity contribution in [2.45, 2.75) is 0 Å². The van der Waals surface area contributed by atoms with Crippen LogP contribution in [0.4, 0.5) is 0 Å². The summed E-state index contributed by atoms with van der Waals surface area (Å²) in [4.78, 5) is 23.0. The van der Waals surface area contributed by atoms with E-state index in [1.165, 1.54) is 24.3 Å². The summed E-state index contributed by atoms with van der Waals surface area (Å²) in [6.45, 7) is 0. The number of hydrogen-bond donors (Lipinski definition) is 4. The molecule has 116 valence electrons. The molecule has 4 N–H and O–H groups in total. The fraction of sp³-hybridized carbons (Fsp3) is 0. The van der Waals surface area contributed by atoms with E-state index in [9.17, 15) is 24.9 Å². The lowest BCUT2D eigenvalue weighted by Crippen LogP contribution is -2.02. The van der Waals surface area contributed by atoms with E-state index in [2.05, 4.69) is 0 Å². The Balaban J connectivity index is 2.25. The highest BCUT2D eigenvalue weighted by atomic mass is 16.4. The SMILES string of the molecule is O=C(O)c1ccc(-c2oc3cc(O)c(O)cc3c(=O)c2O)cc1. The molecule has 0 amide bonds. The van der Waals surface area contributed by atoms with Gasteiger partial charge in [0.1, 0.15) is 5.58 Å². The van der Waals surface area contributed by atoms with Crippen molar-refractivity contribution in [3.8, 4) is 28.6 Å². The summed E-state index contributed by atoms with van der Waals surface area (Å²) >= 11 is 0. The molecule has 0 saturated carbocycles. The molecule has 2 aromatic carbocycles. The molecule has 0 aliphatic heterocycles. The quantitative estimate of drug-likeness (QED) is 0.534. The van der Waals surface area contributed by atoms with Crippen LogP contribution in [0.1, 0.15) is 10.4 Å². The van der Waals surface area contributed by atoms with Gasteiger partial charge in [0.25, 0.3) is 0 Å². The molecule has 0 radical (unpaired) electrons. The summed E-state index contributed by atoms with van der Waals surface area (Å²) in [7, 11) is 0. The van der Waals surface area contributed by atoms with Crippen molar-refractivity contribution >= 4 is 16.9 Å². The molecular formula is C16H10O7. The second kappa shape index (κ2) is 5.06. The molecular weight excluding hydrogens is 304 g/mol. The van der Waals surface area contributed by atoms with Crippen LogP contribution in [0.2, 0.25) is 0 Å². The third kappa shape index (κ3) is 2.34. The van der Waals surface area contributed by atoms with Crippen LogP contribution in [0.25, 0.3) is 22.3 Å². The Bertz CT molecular complexity index is 984. The fourth-order valence-corrected chi connectivity index (χ4v) is 2.17. The number of aromatic hydroxyl groups is 3. The third-order valence-electron chi connectivity index (χ3n) is 3.36. The van der Waals surface area contributed by atoms with Crippen molar-refractivity contribution in [2.75, 3.05) is 0 Å². The predicted octanol–water partition coefficient (Wildman–Crippen LogP) is 2.28. The molecule has 0 spiro atoms. The first-order chi connectivity index (χ1) is 10.9. The summed E-state index contributed by atoms with van der Waals surface area (Å²) in [6.07, 6.45) is 0. The Hall–Kier alpha value is -3.48. The highest BCUT2D eigenvalue weighted by Crippen LogP contribution is 2.34. The Morgan fingerprint density at radius 3 is 2.17 bits per heavy atom. The van der Waals surface area contributed by atoms with Gasteiger partial charge in [0.15, 0.2) is 17.3 Å². The van der Waals surface area contributed by atoms with Crippen molar-refractivity contribution in [1.82, 2.24) is 0 Å². The Morgan fingerprint density at radius 1 is 0.957 bits per heavy atom. The number of phenolic OH excluding ortho intramolecular Hbond substituents is 2. The zero-order valence-electron chi connectivity index (χ0n) is 11.5. The topological polar surface area (TPSA) is 128 Å². The molecule has 3 aromatic rings. The van der Waals surface area contributed by atoms with E-state index in [1.807, 2.05) is 0 Å². The smallest absolute Gasteiger partial charge is 0.335 e. The molecule has 3 rings (SSSR count). The Labute approximate surface area is 128 Å². The Kier molecular flexibility index (Phi) is 3.18. The van der Waals surface area contributed by atoms with Crippen LogP contribution < -0.4 is 5.43 Å². The maximum Gasteiger partial charge on any atom is 0.335 e. The van der Waals surface area contributed by atoms with Crippen LogP contribution in [0.15, 0.2) is 45.6 Å². The zero-order chi connectivity index (χ0) is 16.7. The maximum absolute atomic E-state index is 12.2. The van der Waals surface area contributed by atoms with Crippen molar-refractivity contribution in [2.24, 2.45) is 0 Å². The lowest BCUT2D eigenvalue weighted by molar-refractivity contribution is 0.0697. The van der Waals surface area contributed by atoms with Gasteiger partial charge in [0.2, 0.25) is 11.2 Å². The first-order valence-corrected chi connectivity index (χ1v) is 6.44. The average molecular weight is 314 g/mol. The van der Waals surface area contributed by atoms with Crippen molar-refractivity contribution in [3.05, 3.63) is 52.2 Å². The Morgan fingerprint density at radius 2 is 1.57 bits per heavy atom. The van der Waals surface area contributed by atoms with E-state index in [-0.39, 0.29) is 22.3 Å².